The lowest BCUT2D eigenvalue weighted by molar-refractivity contribution is -0.160. The lowest BCUT2D eigenvalue weighted by Gasteiger charge is -2.24. The van der Waals surface area contributed by atoms with E-state index in [0.29, 0.717) is 13.0 Å². The summed E-state index contributed by atoms with van der Waals surface area (Å²) in [5, 5.41) is 0. The number of amides is 1. The molecule has 0 radical (unpaired) electrons. The van der Waals surface area contributed by atoms with Crippen LogP contribution in [0.3, 0.4) is 0 Å². The second kappa shape index (κ2) is 7.95. The summed E-state index contributed by atoms with van der Waals surface area (Å²) in [7, 11) is 1.53. The van der Waals surface area contributed by atoms with Gasteiger partial charge in [-0.1, -0.05) is 30.3 Å². The van der Waals surface area contributed by atoms with Gasteiger partial charge in [0, 0.05) is 32.4 Å². The number of carbonyl (C=O) groups is 1. The molecule has 6 heteroatoms. The number of carbonyl (C=O) groups excluding carboxylic acids is 1. The summed E-state index contributed by atoms with van der Waals surface area (Å²) in [5.41, 5.74) is 1.10. The molecule has 3 nitrogen and oxygen atoms in total. The maximum absolute atomic E-state index is 13.3. The Bertz CT molecular complexity index is 644. The summed E-state index contributed by atoms with van der Waals surface area (Å²) in [6.07, 6.45) is -1.17. The number of nitrogens with zero attached hydrogens (tertiary/aromatic N) is 2. The summed E-state index contributed by atoms with van der Waals surface area (Å²) in [5.74, 6) is -2.30. The molecule has 128 valence electrons. The molecule has 1 aromatic carbocycles. The third-order valence-corrected chi connectivity index (χ3v) is 3.89. The smallest absolute Gasteiger partial charge is 0.345 e. The van der Waals surface area contributed by atoms with E-state index in [1.807, 2.05) is 12.1 Å². The second-order valence-corrected chi connectivity index (χ2v) is 5.63. The average Bonchev–Trinajstić information content (AvgIpc) is 2.58. The van der Waals surface area contributed by atoms with E-state index < -0.39 is 24.4 Å². The normalized spacial score (nSPS) is 12.7. The molecule has 0 saturated heterocycles. The highest BCUT2D eigenvalue weighted by molar-refractivity contribution is 5.77. The summed E-state index contributed by atoms with van der Waals surface area (Å²) in [4.78, 5) is 17.5. The minimum atomic E-state index is -4.46. The van der Waals surface area contributed by atoms with Gasteiger partial charge in [-0.2, -0.15) is 13.2 Å². The van der Waals surface area contributed by atoms with Crippen molar-refractivity contribution >= 4 is 5.91 Å². The number of halogens is 3. The lowest BCUT2D eigenvalue weighted by atomic mass is 9.94. The molecule has 0 aliphatic rings. The highest BCUT2D eigenvalue weighted by atomic mass is 19.4. The maximum atomic E-state index is 13.3. The molecular formula is C18H19F3N2O. The quantitative estimate of drug-likeness (QED) is 0.803. The molecule has 0 bridgehead atoms. The Balaban J connectivity index is 1.99. The Morgan fingerprint density at radius 1 is 1.12 bits per heavy atom. The molecular weight excluding hydrogens is 317 g/mol. The largest absolute Gasteiger partial charge is 0.396 e. The van der Waals surface area contributed by atoms with E-state index in [1.54, 1.807) is 30.6 Å². The van der Waals surface area contributed by atoms with Crippen LogP contribution in [-0.2, 0) is 11.2 Å². The predicted octanol–water partition coefficient (Wildman–Crippen LogP) is 3.82. The maximum Gasteiger partial charge on any atom is 0.396 e. The van der Waals surface area contributed by atoms with Crippen LogP contribution in [0.5, 0.6) is 0 Å². The van der Waals surface area contributed by atoms with E-state index in [-0.39, 0.29) is 5.56 Å². The van der Waals surface area contributed by atoms with Crippen molar-refractivity contribution in [3.8, 4) is 0 Å². The molecule has 1 aromatic heterocycles. The number of pyridine rings is 1. The van der Waals surface area contributed by atoms with Crippen molar-refractivity contribution in [3.05, 3.63) is 66.0 Å². The van der Waals surface area contributed by atoms with E-state index in [1.165, 1.54) is 24.1 Å². The molecule has 0 aliphatic heterocycles. The van der Waals surface area contributed by atoms with Crippen molar-refractivity contribution in [2.24, 2.45) is 0 Å². The first-order valence-electron chi connectivity index (χ1n) is 7.62. The first-order valence-corrected chi connectivity index (χ1v) is 7.62. The number of aromatic nitrogens is 1. The van der Waals surface area contributed by atoms with Gasteiger partial charge in [0.2, 0.25) is 5.91 Å². The Labute approximate surface area is 139 Å². The van der Waals surface area contributed by atoms with Crippen LogP contribution in [0, 0.1) is 0 Å². The van der Waals surface area contributed by atoms with Crippen LogP contribution in [0.1, 0.15) is 23.5 Å². The Morgan fingerprint density at radius 3 is 2.33 bits per heavy atom. The first kappa shape index (κ1) is 18.0. The van der Waals surface area contributed by atoms with E-state index in [2.05, 4.69) is 4.98 Å². The number of hydrogen-bond acceptors (Lipinski definition) is 2. The number of alkyl halides is 3. The predicted molar refractivity (Wildman–Crippen MR) is 85.4 cm³/mol. The minimum Gasteiger partial charge on any atom is -0.345 e. The third-order valence-electron chi connectivity index (χ3n) is 3.89. The van der Waals surface area contributed by atoms with Gasteiger partial charge in [-0.25, -0.2) is 0 Å². The molecule has 1 unspecified atom stereocenters. The molecule has 2 rings (SSSR count). The zero-order valence-corrected chi connectivity index (χ0v) is 13.3. The van der Waals surface area contributed by atoms with Gasteiger partial charge in [0.25, 0.3) is 0 Å². The molecule has 2 aromatic rings. The van der Waals surface area contributed by atoms with Crippen molar-refractivity contribution in [2.45, 2.75) is 24.9 Å². The highest BCUT2D eigenvalue weighted by Crippen LogP contribution is 2.37. The van der Waals surface area contributed by atoms with Gasteiger partial charge in [0.05, 0.1) is 5.92 Å². The van der Waals surface area contributed by atoms with E-state index in [0.717, 1.165) is 5.56 Å². The Hall–Kier alpha value is -2.37. The fraction of sp³-hybridized carbons (Fsp3) is 0.333. The fourth-order valence-corrected chi connectivity index (χ4v) is 2.41. The molecule has 0 fully saturated rings. The molecule has 0 N–H and O–H groups in total. The summed E-state index contributed by atoms with van der Waals surface area (Å²) >= 11 is 0. The molecule has 24 heavy (non-hydrogen) atoms. The zero-order chi connectivity index (χ0) is 17.6. The number of rotatable bonds is 6. The Morgan fingerprint density at radius 2 is 1.75 bits per heavy atom. The summed E-state index contributed by atoms with van der Waals surface area (Å²) < 4.78 is 39.9. The van der Waals surface area contributed by atoms with Crippen LogP contribution in [0.4, 0.5) is 13.2 Å². The molecule has 0 saturated carbocycles. The van der Waals surface area contributed by atoms with E-state index in [4.69, 9.17) is 0 Å². The zero-order valence-electron chi connectivity index (χ0n) is 13.3. The van der Waals surface area contributed by atoms with Crippen molar-refractivity contribution in [2.75, 3.05) is 13.6 Å². The average molecular weight is 336 g/mol. The van der Waals surface area contributed by atoms with Gasteiger partial charge in [-0.05, 0) is 29.7 Å². The minimum absolute atomic E-state index is 0.112. The van der Waals surface area contributed by atoms with Gasteiger partial charge in [-0.3, -0.25) is 9.78 Å². The van der Waals surface area contributed by atoms with Gasteiger partial charge in [0.1, 0.15) is 0 Å². The van der Waals surface area contributed by atoms with E-state index >= 15 is 0 Å². The number of likely N-dealkylation sites (N-methyl/N-ethyl adjacent to an activating group) is 1. The van der Waals surface area contributed by atoms with Gasteiger partial charge >= 0.3 is 6.18 Å². The highest BCUT2D eigenvalue weighted by Gasteiger charge is 2.42. The van der Waals surface area contributed by atoms with Crippen molar-refractivity contribution in [1.82, 2.24) is 9.88 Å². The summed E-state index contributed by atoms with van der Waals surface area (Å²) in [6.45, 7) is 0.363. The van der Waals surface area contributed by atoms with Crippen LogP contribution in [0.25, 0.3) is 0 Å². The van der Waals surface area contributed by atoms with Crippen molar-refractivity contribution in [3.63, 3.8) is 0 Å². The van der Waals surface area contributed by atoms with E-state index in [9.17, 15) is 18.0 Å². The second-order valence-electron chi connectivity index (χ2n) is 5.63. The standard InChI is InChI=1S/C18H19F3N2O/c1-23(12-9-14-7-10-22-11-8-14)17(24)13-16(18(19,20)21)15-5-3-2-4-6-15/h2-8,10-11,16H,9,12-13H2,1H3. The molecule has 1 heterocycles. The number of hydrogen-bond donors (Lipinski definition) is 0. The Kier molecular flexibility index (Phi) is 5.95. The molecule has 0 spiro atoms. The fourth-order valence-electron chi connectivity index (χ4n) is 2.41. The van der Waals surface area contributed by atoms with Gasteiger partial charge < -0.3 is 4.90 Å². The van der Waals surface area contributed by atoms with Crippen molar-refractivity contribution < 1.29 is 18.0 Å². The summed E-state index contributed by atoms with van der Waals surface area (Å²) in [6, 6.07) is 11.2. The van der Waals surface area contributed by atoms with Crippen LogP contribution in [-0.4, -0.2) is 35.6 Å². The number of benzene rings is 1. The molecule has 1 atom stereocenters. The first-order chi connectivity index (χ1) is 11.4. The molecule has 1 amide bonds. The van der Waals surface area contributed by atoms with Gasteiger partial charge in [-0.15, -0.1) is 0 Å². The van der Waals surface area contributed by atoms with Crippen LogP contribution in [0.2, 0.25) is 0 Å². The van der Waals surface area contributed by atoms with Crippen LogP contribution in [0.15, 0.2) is 54.9 Å². The van der Waals surface area contributed by atoms with Crippen LogP contribution < -0.4 is 0 Å². The van der Waals surface area contributed by atoms with Crippen molar-refractivity contribution in [1.29, 1.82) is 0 Å². The molecule has 0 aliphatic carbocycles. The SMILES string of the molecule is CN(CCc1ccncc1)C(=O)CC(c1ccccc1)C(F)(F)F. The van der Waals surface area contributed by atoms with Crippen LogP contribution >= 0.6 is 0 Å². The van der Waals surface area contributed by atoms with Gasteiger partial charge in [0.15, 0.2) is 0 Å². The third kappa shape index (κ3) is 5.08. The lowest BCUT2D eigenvalue weighted by Crippen LogP contribution is -2.33. The monoisotopic (exact) mass is 336 g/mol. The topological polar surface area (TPSA) is 33.2 Å².